The van der Waals surface area contributed by atoms with Crippen molar-refractivity contribution >= 4 is 11.9 Å². The molecule has 1 amide bonds. The van der Waals surface area contributed by atoms with Crippen molar-refractivity contribution in [2.24, 2.45) is 0 Å². The highest BCUT2D eigenvalue weighted by Crippen LogP contribution is 2.10. The molecular weight excluding hydrogens is 330 g/mol. The van der Waals surface area contributed by atoms with Crippen molar-refractivity contribution in [2.75, 3.05) is 6.61 Å². The molecule has 152 valence electrons. The summed E-state index contributed by atoms with van der Waals surface area (Å²) in [6, 6.07) is -1.19. The van der Waals surface area contributed by atoms with Crippen LogP contribution in [0.5, 0.6) is 0 Å². The summed E-state index contributed by atoms with van der Waals surface area (Å²) in [5.74, 6) is -1.51. The zero-order chi connectivity index (χ0) is 19.5. The molecule has 0 saturated heterocycles. The van der Waals surface area contributed by atoms with Gasteiger partial charge >= 0.3 is 5.97 Å². The van der Waals surface area contributed by atoms with Gasteiger partial charge in [0.2, 0.25) is 5.91 Å². The number of aliphatic hydroxyl groups is 1. The van der Waals surface area contributed by atoms with Crippen LogP contribution in [0.15, 0.2) is 12.2 Å². The standard InChI is InChI=1S/C21H39NO4/c1-2-3-4-5-6-7-8-9-10-11-12-13-14-15-16-17-20(24)22-19(18-23)21(25)26/h9-10,19,23H,2-8,11-18H2,1H3,(H,22,24)(H,25,26)/b10-9-/t19-/m1/s1. The Kier molecular flexibility index (Phi) is 17.5. The lowest BCUT2D eigenvalue weighted by Crippen LogP contribution is -2.43. The van der Waals surface area contributed by atoms with Gasteiger partial charge in [0.25, 0.3) is 0 Å². The molecule has 1 atom stereocenters. The van der Waals surface area contributed by atoms with Crippen molar-refractivity contribution in [3.05, 3.63) is 12.2 Å². The van der Waals surface area contributed by atoms with E-state index in [1.54, 1.807) is 0 Å². The number of nitrogens with one attached hydrogen (secondary N) is 1. The second-order valence-corrected chi connectivity index (χ2v) is 6.98. The number of carboxylic acid groups (broad SMARTS) is 1. The SMILES string of the molecule is CCCCCCCC/C=C\CCCCCCCC(=O)N[C@H](CO)C(=O)O. The maximum atomic E-state index is 11.6. The molecule has 0 aromatic rings. The lowest BCUT2D eigenvalue weighted by atomic mass is 10.1. The minimum atomic E-state index is -1.20. The van der Waals surface area contributed by atoms with Gasteiger partial charge in [0.15, 0.2) is 0 Å². The van der Waals surface area contributed by atoms with Crippen LogP contribution in [0.1, 0.15) is 96.8 Å². The average molecular weight is 370 g/mol. The summed E-state index contributed by atoms with van der Waals surface area (Å²) in [6.07, 6.45) is 20.5. The molecule has 0 rings (SSSR count). The van der Waals surface area contributed by atoms with Crippen LogP contribution in [0.4, 0.5) is 0 Å². The second kappa shape index (κ2) is 18.4. The van der Waals surface area contributed by atoms with Crippen molar-refractivity contribution in [1.82, 2.24) is 5.32 Å². The quantitative estimate of drug-likeness (QED) is 0.244. The van der Waals surface area contributed by atoms with Crippen molar-refractivity contribution in [2.45, 2.75) is 103 Å². The maximum Gasteiger partial charge on any atom is 0.328 e. The van der Waals surface area contributed by atoms with Gasteiger partial charge in [-0.25, -0.2) is 4.79 Å². The third-order valence-corrected chi connectivity index (χ3v) is 4.48. The number of aliphatic hydroxyl groups excluding tert-OH is 1. The molecule has 3 N–H and O–H groups in total. The van der Waals surface area contributed by atoms with Gasteiger partial charge in [-0.15, -0.1) is 0 Å². The number of hydrogen-bond acceptors (Lipinski definition) is 3. The van der Waals surface area contributed by atoms with Crippen molar-refractivity contribution in [3.8, 4) is 0 Å². The zero-order valence-electron chi connectivity index (χ0n) is 16.5. The van der Waals surface area contributed by atoms with Gasteiger partial charge in [0.05, 0.1) is 6.61 Å². The molecular formula is C21H39NO4. The molecule has 0 spiro atoms. The van der Waals surface area contributed by atoms with E-state index in [1.165, 1.54) is 51.4 Å². The summed E-state index contributed by atoms with van der Waals surface area (Å²) in [4.78, 5) is 22.3. The van der Waals surface area contributed by atoms with E-state index in [0.717, 1.165) is 32.1 Å². The van der Waals surface area contributed by atoms with Crippen LogP contribution in [0, 0.1) is 0 Å². The molecule has 0 aliphatic heterocycles. The summed E-state index contributed by atoms with van der Waals surface area (Å²) in [5.41, 5.74) is 0. The number of allylic oxidation sites excluding steroid dienone is 2. The first-order valence-electron chi connectivity index (χ1n) is 10.4. The molecule has 0 unspecified atom stereocenters. The molecule has 0 fully saturated rings. The second-order valence-electron chi connectivity index (χ2n) is 6.98. The Morgan fingerprint density at radius 1 is 0.846 bits per heavy atom. The normalized spacial score (nSPS) is 12.4. The van der Waals surface area contributed by atoms with Crippen molar-refractivity contribution in [1.29, 1.82) is 0 Å². The summed E-state index contributed by atoms with van der Waals surface area (Å²) in [6.45, 7) is 1.67. The lowest BCUT2D eigenvalue weighted by molar-refractivity contribution is -0.142. The molecule has 0 radical (unpaired) electrons. The molecule has 0 aromatic carbocycles. The van der Waals surface area contributed by atoms with Crippen molar-refractivity contribution < 1.29 is 19.8 Å². The van der Waals surface area contributed by atoms with Crippen LogP contribution in [0.3, 0.4) is 0 Å². The molecule has 0 aromatic heterocycles. The summed E-state index contributed by atoms with van der Waals surface area (Å²) in [7, 11) is 0. The van der Waals surface area contributed by atoms with Crippen LogP contribution in [-0.4, -0.2) is 34.7 Å². The third kappa shape index (κ3) is 16.1. The van der Waals surface area contributed by atoms with E-state index in [-0.39, 0.29) is 5.91 Å². The first kappa shape index (κ1) is 24.6. The predicted molar refractivity (Wildman–Crippen MR) is 106 cm³/mol. The van der Waals surface area contributed by atoms with Gasteiger partial charge in [-0.2, -0.15) is 0 Å². The Hall–Kier alpha value is -1.36. The fourth-order valence-corrected chi connectivity index (χ4v) is 2.81. The topological polar surface area (TPSA) is 86.6 Å². The number of carbonyl (C=O) groups excluding carboxylic acids is 1. The third-order valence-electron chi connectivity index (χ3n) is 4.48. The van der Waals surface area contributed by atoms with Crippen LogP contribution >= 0.6 is 0 Å². The average Bonchev–Trinajstić information content (AvgIpc) is 2.62. The number of amides is 1. The van der Waals surface area contributed by atoms with E-state index in [1.807, 2.05) is 0 Å². The molecule has 26 heavy (non-hydrogen) atoms. The number of hydrogen-bond donors (Lipinski definition) is 3. The Balaban J connectivity index is 3.36. The first-order chi connectivity index (χ1) is 12.6. The fourth-order valence-electron chi connectivity index (χ4n) is 2.81. The van der Waals surface area contributed by atoms with Gasteiger partial charge in [-0.1, -0.05) is 70.4 Å². The van der Waals surface area contributed by atoms with E-state index in [2.05, 4.69) is 24.4 Å². The number of unbranched alkanes of at least 4 members (excludes halogenated alkanes) is 11. The number of carbonyl (C=O) groups is 2. The van der Waals surface area contributed by atoms with Crippen LogP contribution in [0.2, 0.25) is 0 Å². The maximum absolute atomic E-state index is 11.6. The number of aliphatic carboxylic acids is 1. The predicted octanol–water partition coefficient (Wildman–Crippen LogP) is 4.59. The Morgan fingerprint density at radius 2 is 1.35 bits per heavy atom. The first-order valence-corrected chi connectivity index (χ1v) is 10.4. The zero-order valence-corrected chi connectivity index (χ0v) is 16.5. The largest absolute Gasteiger partial charge is 0.480 e. The van der Waals surface area contributed by atoms with Gasteiger partial charge in [-0.05, 0) is 32.1 Å². The van der Waals surface area contributed by atoms with Crippen LogP contribution in [0.25, 0.3) is 0 Å². The Morgan fingerprint density at radius 3 is 1.85 bits per heavy atom. The number of carboxylic acids is 1. The van der Waals surface area contributed by atoms with E-state index in [0.29, 0.717) is 6.42 Å². The molecule has 0 heterocycles. The highest BCUT2D eigenvalue weighted by atomic mass is 16.4. The van der Waals surface area contributed by atoms with Gasteiger partial charge in [0, 0.05) is 6.42 Å². The summed E-state index contributed by atoms with van der Waals surface area (Å²) in [5, 5.41) is 19.9. The molecule has 5 nitrogen and oxygen atoms in total. The molecule has 0 bridgehead atoms. The van der Waals surface area contributed by atoms with Crippen molar-refractivity contribution in [3.63, 3.8) is 0 Å². The number of rotatable bonds is 18. The summed E-state index contributed by atoms with van der Waals surface area (Å²) < 4.78 is 0. The minimum Gasteiger partial charge on any atom is -0.480 e. The Labute approximate surface area is 159 Å². The molecule has 0 saturated carbocycles. The van der Waals surface area contributed by atoms with Gasteiger partial charge in [-0.3, -0.25) is 4.79 Å². The van der Waals surface area contributed by atoms with Gasteiger partial charge < -0.3 is 15.5 Å². The lowest BCUT2D eigenvalue weighted by Gasteiger charge is -2.11. The van der Waals surface area contributed by atoms with E-state index >= 15 is 0 Å². The van der Waals surface area contributed by atoms with E-state index < -0.39 is 18.6 Å². The monoisotopic (exact) mass is 369 g/mol. The van der Waals surface area contributed by atoms with Crippen LogP contribution in [-0.2, 0) is 9.59 Å². The molecule has 0 aliphatic rings. The smallest absolute Gasteiger partial charge is 0.328 e. The van der Waals surface area contributed by atoms with E-state index in [9.17, 15) is 9.59 Å². The van der Waals surface area contributed by atoms with E-state index in [4.69, 9.17) is 10.2 Å². The minimum absolute atomic E-state index is 0.302. The fraction of sp³-hybridized carbons (Fsp3) is 0.810. The molecule has 5 heteroatoms. The summed E-state index contributed by atoms with van der Waals surface area (Å²) >= 11 is 0. The van der Waals surface area contributed by atoms with Crippen LogP contribution < -0.4 is 5.32 Å². The Bertz CT molecular complexity index is 382. The highest BCUT2D eigenvalue weighted by molar-refractivity contribution is 5.83. The molecule has 0 aliphatic carbocycles. The van der Waals surface area contributed by atoms with Gasteiger partial charge in [0.1, 0.15) is 6.04 Å². The highest BCUT2D eigenvalue weighted by Gasteiger charge is 2.17.